The number of halogens is 1. The minimum Gasteiger partial charge on any atom is -0.459 e. The van der Waals surface area contributed by atoms with Gasteiger partial charge in [0.2, 0.25) is 0 Å². The molecule has 0 fully saturated rings. The molecule has 1 atom stereocenters. The lowest BCUT2D eigenvalue weighted by molar-refractivity contribution is 0.477. The molecule has 0 aliphatic heterocycles. The topological polar surface area (TPSA) is 52.0 Å². The van der Waals surface area contributed by atoms with Gasteiger partial charge in [-0.25, -0.2) is 4.39 Å². The van der Waals surface area contributed by atoms with E-state index >= 15 is 0 Å². The fourth-order valence-corrected chi connectivity index (χ4v) is 2.21. The summed E-state index contributed by atoms with van der Waals surface area (Å²) in [5, 5.41) is 0.744. The Balaban J connectivity index is 1.73. The number of nitrogens with zero attached hydrogens (tertiary/aromatic N) is 1. The molecule has 102 valence electrons. The standard InChI is InChI=1S/C16H15FN2O/c17-12-4-7-15-11(9-12)10-16(20-15)14(18)6-5-13-3-1-2-8-19-13/h1-4,7-10,14H,5-6,18H2. The van der Waals surface area contributed by atoms with Crippen LogP contribution in [0.4, 0.5) is 4.39 Å². The molecular weight excluding hydrogens is 255 g/mol. The Bertz CT molecular complexity index is 709. The summed E-state index contributed by atoms with van der Waals surface area (Å²) in [5.74, 6) is 0.411. The van der Waals surface area contributed by atoms with Crippen molar-refractivity contribution in [2.45, 2.75) is 18.9 Å². The van der Waals surface area contributed by atoms with Gasteiger partial charge in [-0.15, -0.1) is 0 Å². The molecule has 2 aromatic heterocycles. The Morgan fingerprint density at radius 2 is 2.10 bits per heavy atom. The second-order valence-electron chi connectivity index (χ2n) is 4.80. The molecule has 3 nitrogen and oxygen atoms in total. The smallest absolute Gasteiger partial charge is 0.134 e. The minimum absolute atomic E-state index is 0.215. The van der Waals surface area contributed by atoms with Crippen LogP contribution in [-0.2, 0) is 6.42 Å². The Morgan fingerprint density at radius 3 is 2.90 bits per heavy atom. The van der Waals surface area contributed by atoms with Gasteiger partial charge in [-0.2, -0.15) is 0 Å². The lowest BCUT2D eigenvalue weighted by Crippen LogP contribution is -2.10. The molecule has 0 aliphatic rings. The van der Waals surface area contributed by atoms with Crippen molar-refractivity contribution in [3.8, 4) is 0 Å². The average Bonchev–Trinajstić information content (AvgIpc) is 2.89. The fourth-order valence-electron chi connectivity index (χ4n) is 2.21. The Morgan fingerprint density at radius 1 is 1.20 bits per heavy atom. The molecule has 0 saturated carbocycles. The third kappa shape index (κ3) is 2.70. The summed E-state index contributed by atoms with van der Waals surface area (Å²) in [4.78, 5) is 4.26. The van der Waals surface area contributed by atoms with Crippen molar-refractivity contribution in [3.63, 3.8) is 0 Å². The molecule has 2 N–H and O–H groups in total. The fraction of sp³-hybridized carbons (Fsp3) is 0.188. The van der Waals surface area contributed by atoms with Gasteiger partial charge in [-0.3, -0.25) is 4.98 Å². The second kappa shape index (κ2) is 5.43. The number of hydrogen-bond acceptors (Lipinski definition) is 3. The number of nitrogens with two attached hydrogens (primary N) is 1. The van der Waals surface area contributed by atoms with E-state index in [1.165, 1.54) is 12.1 Å². The molecule has 3 aromatic rings. The van der Waals surface area contributed by atoms with E-state index < -0.39 is 0 Å². The SMILES string of the molecule is NC(CCc1ccccn1)c1cc2cc(F)ccc2o1. The maximum Gasteiger partial charge on any atom is 0.134 e. The highest BCUT2D eigenvalue weighted by molar-refractivity contribution is 5.78. The van der Waals surface area contributed by atoms with E-state index in [9.17, 15) is 4.39 Å². The maximum atomic E-state index is 13.1. The summed E-state index contributed by atoms with van der Waals surface area (Å²) in [6, 6.07) is 11.9. The van der Waals surface area contributed by atoms with Crippen LogP contribution in [0.3, 0.4) is 0 Å². The lowest BCUT2D eigenvalue weighted by Gasteiger charge is -2.07. The van der Waals surface area contributed by atoms with Crippen LogP contribution in [0.5, 0.6) is 0 Å². The van der Waals surface area contributed by atoms with Crippen molar-refractivity contribution in [1.82, 2.24) is 4.98 Å². The van der Waals surface area contributed by atoms with Crippen molar-refractivity contribution in [3.05, 3.63) is 65.9 Å². The molecule has 0 amide bonds. The number of fused-ring (bicyclic) bond motifs is 1. The first-order valence-corrected chi connectivity index (χ1v) is 6.57. The van der Waals surface area contributed by atoms with Gasteiger partial charge in [0.1, 0.15) is 17.2 Å². The molecule has 1 aromatic carbocycles. The van der Waals surface area contributed by atoms with Crippen LogP contribution >= 0.6 is 0 Å². The summed E-state index contributed by atoms with van der Waals surface area (Å²) in [6.45, 7) is 0. The zero-order chi connectivity index (χ0) is 13.9. The van der Waals surface area contributed by atoms with E-state index in [-0.39, 0.29) is 11.9 Å². The van der Waals surface area contributed by atoms with Gasteiger partial charge in [0.25, 0.3) is 0 Å². The molecule has 0 bridgehead atoms. The molecule has 1 unspecified atom stereocenters. The highest BCUT2D eigenvalue weighted by atomic mass is 19.1. The molecule has 4 heteroatoms. The Labute approximate surface area is 116 Å². The molecular formula is C16H15FN2O. The first kappa shape index (κ1) is 12.8. The summed E-state index contributed by atoms with van der Waals surface area (Å²) < 4.78 is 18.8. The molecule has 3 rings (SSSR count). The van der Waals surface area contributed by atoms with E-state index in [2.05, 4.69) is 4.98 Å². The Hall–Kier alpha value is -2.20. The highest BCUT2D eigenvalue weighted by Crippen LogP contribution is 2.25. The van der Waals surface area contributed by atoms with Gasteiger partial charge in [0.15, 0.2) is 0 Å². The first-order valence-electron chi connectivity index (χ1n) is 6.57. The van der Waals surface area contributed by atoms with Crippen LogP contribution in [0.25, 0.3) is 11.0 Å². The summed E-state index contributed by atoms with van der Waals surface area (Å²) >= 11 is 0. The predicted molar refractivity (Wildman–Crippen MR) is 75.7 cm³/mol. The lowest BCUT2D eigenvalue weighted by atomic mass is 10.1. The minimum atomic E-state index is -0.271. The van der Waals surface area contributed by atoms with Gasteiger partial charge in [-0.1, -0.05) is 6.07 Å². The maximum absolute atomic E-state index is 13.1. The van der Waals surface area contributed by atoms with E-state index in [1.54, 1.807) is 12.3 Å². The number of aromatic nitrogens is 1. The number of benzene rings is 1. The van der Waals surface area contributed by atoms with E-state index in [4.69, 9.17) is 10.2 Å². The second-order valence-corrected chi connectivity index (χ2v) is 4.80. The van der Waals surface area contributed by atoms with E-state index in [1.807, 2.05) is 24.3 Å². The zero-order valence-corrected chi connectivity index (χ0v) is 10.9. The monoisotopic (exact) mass is 270 g/mol. The molecule has 2 heterocycles. The molecule has 20 heavy (non-hydrogen) atoms. The number of pyridine rings is 1. The van der Waals surface area contributed by atoms with Gasteiger partial charge >= 0.3 is 0 Å². The number of hydrogen-bond donors (Lipinski definition) is 1. The molecule has 0 radical (unpaired) electrons. The molecule has 0 spiro atoms. The van der Waals surface area contributed by atoms with E-state index in [0.717, 1.165) is 23.9 Å². The summed E-state index contributed by atoms with van der Waals surface area (Å²) in [5.41, 5.74) is 7.80. The highest BCUT2D eigenvalue weighted by Gasteiger charge is 2.12. The van der Waals surface area contributed by atoms with Crippen molar-refractivity contribution in [2.24, 2.45) is 5.73 Å². The van der Waals surface area contributed by atoms with Gasteiger partial charge in [0.05, 0.1) is 6.04 Å². The van der Waals surface area contributed by atoms with Crippen molar-refractivity contribution >= 4 is 11.0 Å². The van der Waals surface area contributed by atoms with Crippen molar-refractivity contribution < 1.29 is 8.81 Å². The third-order valence-corrected chi connectivity index (χ3v) is 3.30. The largest absolute Gasteiger partial charge is 0.459 e. The van der Waals surface area contributed by atoms with Crippen LogP contribution < -0.4 is 5.73 Å². The first-order chi connectivity index (χ1) is 9.72. The van der Waals surface area contributed by atoms with E-state index in [0.29, 0.717) is 11.3 Å². The van der Waals surface area contributed by atoms with Crippen LogP contribution in [0.1, 0.15) is 23.9 Å². The quantitative estimate of drug-likeness (QED) is 0.788. The van der Waals surface area contributed by atoms with Gasteiger partial charge in [-0.05, 0) is 49.2 Å². The Kier molecular flexibility index (Phi) is 3.48. The number of rotatable bonds is 4. The van der Waals surface area contributed by atoms with Crippen LogP contribution in [0, 0.1) is 5.82 Å². The van der Waals surface area contributed by atoms with Crippen LogP contribution in [-0.4, -0.2) is 4.98 Å². The molecule has 0 saturated heterocycles. The summed E-state index contributed by atoms with van der Waals surface area (Å²) in [7, 11) is 0. The van der Waals surface area contributed by atoms with Crippen molar-refractivity contribution in [1.29, 1.82) is 0 Å². The van der Waals surface area contributed by atoms with Gasteiger partial charge < -0.3 is 10.2 Å². The number of furan rings is 1. The van der Waals surface area contributed by atoms with Crippen LogP contribution in [0.15, 0.2) is 53.1 Å². The summed E-state index contributed by atoms with van der Waals surface area (Å²) in [6.07, 6.45) is 3.29. The van der Waals surface area contributed by atoms with Gasteiger partial charge in [0, 0.05) is 17.3 Å². The third-order valence-electron chi connectivity index (χ3n) is 3.30. The normalized spacial score (nSPS) is 12.7. The van der Waals surface area contributed by atoms with Crippen molar-refractivity contribution in [2.75, 3.05) is 0 Å². The predicted octanol–water partition coefficient (Wildman–Crippen LogP) is 3.60. The number of aryl methyl sites for hydroxylation is 1. The zero-order valence-electron chi connectivity index (χ0n) is 10.9. The van der Waals surface area contributed by atoms with Crippen LogP contribution in [0.2, 0.25) is 0 Å². The molecule has 0 aliphatic carbocycles. The average molecular weight is 270 g/mol.